The molecular weight excluding hydrogens is 401 g/mol. The van der Waals surface area contributed by atoms with Crippen molar-refractivity contribution in [3.63, 3.8) is 0 Å². The number of rotatable bonds is 4. The fourth-order valence-corrected chi connectivity index (χ4v) is 2.51. The Morgan fingerprint density at radius 2 is 2.09 bits per heavy atom. The minimum atomic E-state index is -0.614. The van der Waals surface area contributed by atoms with Gasteiger partial charge in [0.25, 0.3) is 11.2 Å². The summed E-state index contributed by atoms with van der Waals surface area (Å²) in [4.78, 5) is 33.8. The average molecular weight is 413 g/mol. The lowest BCUT2D eigenvalue weighted by Crippen LogP contribution is -2.27. The largest absolute Gasteiger partial charge is 0.324 e. The number of aromatic nitrogens is 1. The molecule has 0 radical (unpaired) electrons. The minimum Gasteiger partial charge on any atom is -0.324 e. The van der Waals surface area contributed by atoms with Crippen molar-refractivity contribution in [2.24, 2.45) is 0 Å². The van der Waals surface area contributed by atoms with Crippen molar-refractivity contribution in [2.45, 2.75) is 13.5 Å². The van der Waals surface area contributed by atoms with Crippen LogP contribution in [0.2, 0.25) is 0 Å². The first-order chi connectivity index (χ1) is 10.4. The van der Waals surface area contributed by atoms with Gasteiger partial charge in [0, 0.05) is 21.4 Å². The molecule has 0 unspecified atom stereocenters. The maximum Gasteiger partial charge on any atom is 0.285 e. The number of nitro groups is 1. The summed E-state index contributed by atoms with van der Waals surface area (Å²) in [7, 11) is 0. The number of hydrogen-bond acceptors (Lipinski definition) is 4. The number of carbonyl (C=O) groups excluding carboxylic acids is 1. The molecule has 0 atom stereocenters. The molecule has 22 heavy (non-hydrogen) atoms. The van der Waals surface area contributed by atoms with Crippen molar-refractivity contribution in [2.75, 3.05) is 5.32 Å². The maximum atomic E-state index is 12.0. The van der Waals surface area contributed by atoms with Gasteiger partial charge in [-0.3, -0.25) is 24.3 Å². The van der Waals surface area contributed by atoms with Crippen LogP contribution in [0.1, 0.15) is 5.56 Å². The van der Waals surface area contributed by atoms with Gasteiger partial charge in [-0.1, -0.05) is 0 Å². The van der Waals surface area contributed by atoms with E-state index in [1.165, 1.54) is 0 Å². The van der Waals surface area contributed by atoms with Gasteiger partial charge in [-0.15, -0.1) is 0 Å². The van der Waals surface area contributed by atoms with Crippen molar-refractivity contribution in [1.82, 2.24) is 4.57 Å². The van der Waals surface area contributed by atoms with Crippen LogP contribution in [0.5, 0.6) is 0 Å². The third-order valence-electron chi connectivity index (χ3n) is 2.96. The normalized spacial score (nSPS) is 10.3. The molecule has 1 aromatic heterocycles. The van der Waals surface area contributed by atoms with Gasteiger partial charge in [-0.05, 0) is 53.3 Å². The average Bonchev–Trinajstić information content (AvgIpc) is 2.44. The van der Waals surface area contributed by atoms with Crippen LogP contribution in [-0.4, -0.2) is 15.4 Å². The van der Waals surface area contributed by atoms with Crippen molar-refractivity contribution < 1.29 is 9.72 Å². The third kappa shape index (κ3) is 3.91. The Labute approximate surface area is 139 Å². The van der Waals surface area contributed by atoms with Crippen LogP contribution in [0.25, 0.3) is 0 Å². The van der Waals surface area contributed by atoms with E-state index in [0.717, 1.165) is 32.0 Å². The second kappa shape index (κ2) is 6.69. The first-order valence-corrected chi connectivity index (χ1v) is 7.35. The zero-order chi connectivity index (χ0) is 16.3. The number of nitrogens with one attached hydrogen (secondary N) is 1. The van der Waals surface area contributed by atoms with Crippen LogP contribution in [0.4, 0.5) is 11.4 Å². The number of carbonyl (C=O) groups is 1. The molecular formula is C14H12IN3O4. The number of nitrogens with zero attached hydrogens (tertiary/aromatic N) is 2. The van der Waals surface area contributed by atoms with Crippen LogP contribution >= 0.6 is 22.6 Å². The van der Waals surface area contributed by atoms with E-state index in [4.69, 9.17) is 0 Å². The second-order valence-corrected chi connectivity index (χ2v) is 5.86. The number of hydrogen-bond donors (Lipinski definition) is 1. The number of aryl methyl sites for hydroxylation is 1. The Morgan fingerprint density at radius 1 is 1.36 bits per heavy atom. The Balaban J connectivity index is 2.17. The van der Waals surface area contributed by atoms with Crippen molar-refractivity contribution in [3.05, 3.63) is 66.1 Å². The number of amides is 1. The highest BCUT2D eigenvalue weighted by atomic mass is 127. The van der Waals surface area contributed by atoms with E-state index >= 15 is 0 Å². The molecule has 0 saturated carbocycles. The van der Waals surface area contributed by atoms with E-state index in [2.05, 4.69) is 27.9 Å². The molecule has 1 N–H and O–H groups in total. The molecule has 1 amide bonds. The highest BCUT2D eigenvalue weighted by Crippen LogP contribution is 2.17. The van der Waals surface area contributed by atoms with E-state index in [0.29, 0.717) is 5.69 Å². The molecule has 0 spiro atoms. The summed E-state index contributed by atoms with van der Waals surface area (Å²) >= 11 is 2.17. The van der Waals surface area contributed by atoms with Crippen LogP contribution < -0.4 is 10.9 Å². The summed E-state index contributed by atoms with van der Waals surface area (Å²) in [6.07, 6.45) is 1.06. The summed E-state index contributed by atoms with van der Waals surface area (Å²) in [6.45, 7) is 1.57. The van der Waals surface area contributed by atoms with Gasteiger partial charge >= 0.3 is 0 Å². The monoisotopic (exact) mass is 413 g/mol. The maximum absolute atomic E-state index is 12.0. The summed E-state index contributed by atoms with van der Waals surface area (Å²) in [5.41, 5.74) is 0.827. The summed E-state index contributed by atoms with van der Waals surface area (Å²) in [5, 5.41) is 13.4. The zero-order valence-electron chi connectivity index (χ0n) is 11.6. The lowest BCUT2D eigenvalue weighted by Gasteiger charge is -2.10. The van der Waals surface area contributed by atoms with Gasteiger partial charge in [0.1, 0.15) is 6.54 Å². The fourth-order valence-electron chi connectivity index (χ4n) is 1.86. The van der Waals surface area contributed by atoms with Gasteiger partial charge in [0.05, 0.1) is 11.1 Å². The Bertz CT molecular complexity index is 801. The molecule has 0 aliphatic carbocycles. The molecule has 8 heteroatoms. The topological polar surface area (TPSA) is 94.2 Å². The molecule has 0 saturated heterocycles. The summed E-state index contributed by atoms with van der Waals surface area (Å²) in [6, 6.07) is 7.71. The van der Waals surface area contributed by atoms with Gasteiger partial charge < -0.3 is 5.32 Å². The highest BCUT2D eigenvalue weighted by Gasteiger charge is 2.11. The first kappa shape index (κ1) is 16.1. The molecule has 2 rings (SSSR count). The smallest absolute Gasteiger partial charge is 0.285 e. The van der Waals surface area contributed by atoms with Gasteiger partial charge in [-0.25, -0.2) is 0 Å². The summed E-state index contributed by atoms with van der Waals surface area (Å²) in [5.74, 6) is -0.424. The van der Waals surface area contributed by atoms with Crippen molar-refractivity contribution in [3.8, 4) is 0 Å². The number of anilines is 1. The molecule has 0 fully saturated rings. The minimum absolute atomic E-state index is 0.238. The Hall–Kier alpha value is -2.23. The number of benzene rings is 1. The summed E-state index contributed by atoms with van der Waals surface area (Å²) < 4.78 is 2.05. The first-order valence-electron chi connectivity index (χ1n) is 6.27. The lowest BCUT2D eigenvalue weighted by atomic mass is 10.2. The van der Waals surface area contributed by atoms with E-state index < -0.39 is 16.4 Å². The van der Waals surface area contributed by atoms with Crippen molar-refractivity contribution in [1.29, 1.82) is 0 Å². The Morgan fingerprint density at radius 3 is 2.73 bits per heavy atom. The number of pyridine rings is 1. The quantitative estimate of drug-likeness (QED) is 0.473. The lowest BCUT2D eigenvalue weighted by molar-refractivity contribution is -0.385. The molecule has 0 aliphatic rings. The standard InChI is InChI=1S/C14H12IN3O4/c1-9-6-10(15)2-4-12(9)16-13(19)8-17-7-11(18(21)22)3-5-14(17)20/h2-7H,8H2,1H3,(H,16,19). The number of halogens is 1. The third-order valence-corrected chi connectivity index (χ3v) is 3.63. The van der Waals surface area contributed by atoms with Gasteiger partial charge in [-0.2, -0.15) is 0 Å². The molecule has 1 aromatic carbocycles. The van der Waals surface area contributed by atoms with Crippen LogP contribution in [0, 0.1) is 20.6 Å². The van der Waals surface area contributed by atoms with E-state index in [-0.39, 0.29) is 12.2 Å². The van der Waals surface area contributed by atoms with Crippen molar-refractivity contribution >= 4 is 39.9 Å². The zero-order valence-corrected chi connectivity index (χ0v) is 13.7. The molecule has 2 aromatic rings. The van der Waals surface area contributed by atoms with Crippen LogP contribution in [0.3, 0.4) is 0 Å². The van der Waals surface area contributed by atoms with E-state index in [1.807, 2.05) is 19.1 Å². The molecule has 114 valence electrons. The molecule has 7 nitrogen and oxygen atoms in total. The second-order valence-electron chi connectivity index (χ2n) is 4.62. The highest BCUT2D eigenvalue weighted by molar-refractivity contribution is 14.1. The SMILES string of the molecule is Cc1cc(I)ccc1NC(=O)Cn1cc([N+](=O)[O-])ccc1=O. The molecule has 0 bridgehead atoms. The van der Waals surface area contributed by atoms with Gasteiger partial charge in [0.2, 0.25) is 5.91 Å². The predicted octanol–water partition coefficient (Wildman–Crippen LogP) is 2.31. The predicted molar refractivity (Wildman–Crippen MR) is 89.9 cm³/mol. The van der Waals surface area contributed by atoms with E-state index in [1.54, 1.807) is 6.07 Å². The Kier molecular flexibility index (Phi) is 4.91. The van der Waals surface area contributed by atoms with Gasteiger partial charge in [0.15, 0.2) is 0 Å². The van der Waals surface area contributed by atoms with Crippen LogP contribution in [0.15, 0.2) is 41.3 Å². The van der Waals surface area contributed by atoms with Crippen LogP contribution in [-0.2, 0) is 11.3 Å². The van der Waals surface area contributed by atoms with E-state index in [9.17, 15) is 19.7 Å². The molecule has 1 heterocycles. The fraction of sp³-hybridized carbons (Fsp3) is 0.143. The molecule has 0 aliphatic heterocycles.